The van der Waals surface area contributed by atoms with Crippen LogP contribution in [0.1, 0.15) is 11.1 Å². The van der Waals surface area contributed by atoms with Gasteiger partial charge in [0.05, 0.1) is 46.6 Å². The molecular formula is C45H28N4Si. The van der Waals surface area contributed by atoms with Crippen LogP contribution in [-0.4, -0.2) is 12.6 Å². The third-order valence-corrected chi connectivity index (χ3v) is 14.4. The van der Waals surface area contributed by atoms with Crippen molar-refractivity contribution in [1.29, 1.82) is 10.5 Å². The lowest BCUT2D eigenvalue weighted by Gasteiger charge is -2.34. The lowest BCUT2D eigenvalue weighted by molar-refractivity contribution is 1.18. The van der Waals surface area contributed by atoms with Crippen LogP contribution in [0.2, 0.25) is 0 Å². The van der Waals surface area contributed by atoms with E-state index in [0.717, 1.165) is 38.6 Å². The molecule has 8 aromatic rings. The number of fused-ring (bicyclic) bond motifs is 3. The monoisotopic (exact) mass is 652 g/mol. The maximum Gasteiger partial charge on any atom is 0.188 e. The van der Waals surface area contributed by atoms with Crippen molar-refractivity contribution in [2.24, 2.45) is 0 Å². The van der Waals surface area contributed by atoms with Gasteiger partial charge in [0.25, 0.3) is 0 Å². The minimum absolute atomic E-state index is 0.531. The van der Waals surface area contributed by atoms with E-state index in [1.165, 1.54) is 20.7 Å². The third-order valence-electron chi connectivity index (χ3n) is 9.64. The van der Waals surface area contributed by atoms with Gasteiger partial charge in [0.15, 0.2) is 13.8 Å². The summed E-state index contributed by atoms with van der Waals surface area (Å²) >= 11 is 0. The van der Waals surface area contributed by atoms with E-state index in [2.05, 4.69) is 137 Å². The molecule has 0 bridgehead atoms. The van der Waals surface area contributed by atoms with Crippen LogP contribution < -0.4 is 20.7 Å². The number of nitrogens with zero attached hydrogens (tertiary/aromatic N) is 4. The highest BCUT2D eigenvalue weighted by Gasteiger charge is 2.41. The number of benzene rings is 7. The molecule has 0 amide bonds. The van der Waals surface area contributed by atoms with Gasteiger partial charge in [-0.15, -0.1) is 0 Å². The second kappa shape index (κ2) is 12.6. The van der Waals surface area contributed by atoms with Crippen LogP contribution in [0.25, 0.3) is 43.5 Å². The summed E-state index contributed by atoms with van der Waals surface area (Å²) in [5.74, 6) is 0. The summed E-state index contributed by atoms with van der Waals surface area (Å²) in [4.78, 5) is 3.67. The molecule has 0 aliphatic heterocycles. The van der Waals surface area contributed by atoms with E-state index in [1.807, 2.05) is 54.6 Å². The summed E-state index contributed by atoms with van der Waals surface area (Å²) in [7, 11) is -2.72. The Balaban J connectivity index is 1.38. The largest absolute Gasteiger partial charge is 0.309 e. The van der Waals surface area contributed by atoms with Gasteiger partial charge >= 0.3 is 0 Å². The Labute approximate surface area is 291 Å². The maximum absolute atomic E-state index is 10.5. The molecule has 0 saturated carbocycles. The van der Waals surface area contributed by atoms with Gasteiger partial charge in [-0.1, -0.05) is 127 Å². The summed E-state index contributed by atoms with van der Waals surface area (Å²) in [5, 5.41) is 27.1. The first-order valence-corrected chi connectivity index (χ1v) is 18.3. The third kappa shape index (κ3) is 4.80. The van der Waals surface area contributed by atoms with E-state index < -0.39 is 8.07 Å². The number of hydrogen-bond acceptors (Lipinski definition) is 2. The number of aromatic nitrogens is 1. The first-order valence-electron chi connectivity index (χ1n) is 16.3. The Morgan fingerprint density at radius 3 is 1.60 bits per heavy atom. The van der Waals surface area contributed by atoms with Gasteiger partial charge in [0.1, 0.15) is 0 Å². The van der Waals surface area contributed by atoms with Crippen molar-refractivity contribution >= 4 is 56.3 Å². The minimum atomic E-state index is -2.72. The van der Waals surface area contributed by atoms with Crippen LogP contribution in [0.15, 0.2) is 170 Å². The fourth-order valence-electron chi connectivity index (χ4n) is 7.48. The maximum atomic E-state index is 10.5. The molecule has 0 N–H and O–H groups in total. The highest BCUT2D eigenvalue weighted by atomic mass is 28.3. The Morgan fingerprint density at radius 2 is 1.06 bits per heavy atom. The van der Waals surface area contributed by atoms with Crippen LogP contribution in [0.5, 0.6) is 0 Å². The van der Waals surface area contributed by atoms with Crippen molar-refractivity contribution in [3.05, 3.63) is 192 Å². The molecular weight excluding hydrogens is 625 g/mol. The van der Waals surface area contributed by atoms with E-state index in [9.17, 15) is 10.5 Å². The Bertz CT molecular complexity index is 2490. The molecule has 8 rings (SSSR count). The predicted molar refractivity (Wildman–Crippen MR) is 206 cm³/mol. The van der Waals surface area contributed by atoms with Crippen LogP contribution in [0, 0.1) is 29.2 Å². The van der Waals surface area contributed by atoms with Gasteiger partial charge in [-0.25, -0.2) is 4.85 Å². The van der Waals surface area contributed by atoms with Gasteiger partial charge in [0, 0.05) is 10.9 Å². The average molecular weight is 653 g/mol. The molecule has 0 radical (unpaired) electrons. The fraction of sp³-hybridized carbons (Fsp3) is 0. The first kappa shape index (κ1) is 30.4. The van der Waals surface area contributed by atoms with Gasteiger partial charge in [-0.3, -0.25) is 0 Å². The van der Waals surface area contributed by atoms with Crippen LogP contribution >= 0.6 is 0 Å². The van der Waals surface area contributed by atoms with Gasteiger partial charge in [-0.2, -0.15) is 10.5 Å². The Hall–Kier alpha value is -6.97. The highest BCUT2D eigenvalue weighted by molar-refractivity contribution is 7.19. The molecule has 0 fully saturated rings. The molecule has 1 heterocycles. The number of hydrogen-bond donors (Lipinski definition) is 0. The van der Waals surface area contributed by atoms with Crippen molar-refractivity contribution in [2.75, 3.05) is 0 Å². The average Bonchev–Trinajstić information content (AvgIpc) is 3.52. The van der Waals surface area contributed by atoms with Gasteiger partial charge in [0.2, 0.25) is 0 Å². The smallest absolute Gasteiger partial charge is 0.188 e. The fourth-order valence-corrected chi connectivity index (χ4v) is 12.2. The van der Waals surface area contributed by atoms with Crippen molar-refractivity contribution in [3.8, 4) is 29.0 Å². The molecule has 0 saturated heterocycles. The minimum Gasteiger partial charge on any atom is -0.309 e. The highest BCUT2D eigenvalue weighted by Crippen LogP contribution is 2.39. The first-order chi connectivity index (χ1) is 24.7. The Morgan fingerprint density at radius 1 is 0.520 bits per heavy atom. The molecule has 1 aromatic heterocycles. The molecule has 7 aromatic carbocycles. The van der Waals surface area contributed by atoms with Crippen molar-refractivity contribution in [2.45, 2.75) is 0 Å². The summed E-state index contributed by atoms with van der Waals surface area (Å²) in [5.41, 5.74) is 6.06. The van der Waals surface area contributed by atoms with E-state index in [-0.39, 0.29) is 0 Å². The summed E-state index contributed by atoms with van der Waals surface area (Å²) in [6.07, 6.45) is 0. The quantitative estimate of drug-likeness (QED) is 0.104. The van der Waals surface area contributed by atoms with Gasteiger partial charge in [-0.05, 0) is 74.2 Å². The molecule has 4 nitrogen and oxygen atoms in total. The van der Waals surface area contributed by atoms with Gasteiger partial charge < -0.3 is 4.57 Å². The molecule has 0 atom stereocenters. The number of nitriles is 2. The molecule has 0 aliphatic rings. The van der Waals surface area contributed by atoms with Crippen LogP contribution in [-0.2, 0) is 0 Å². The van der Waals surface area contributed by atoms with Crippen LogP contribution in [0.3, 0.4) is 0 Å². The second-order valence-corrected chi connectivity index (χ2v) is 16.0. The number of rotatable bonds is 6. The zero-order chi connectivity index (χ0) is 34.1. The van der Waals surface area contributed by atoms with Crippen molar-refractivity contribution in [3.63, 3.8) is 0 Å². The van der Waals surface area contributed by atoms with Crippen molar-refractivity contribution in [1.82, 2.24) is 4.57 Å². The zero-order valence-electron chi connectivity index (χ0n) is 27.0. The molecule has 232 valence electrons. The zero-order valence-corrected chi connectivity index (χ0v) is 28.0. The topological polar surface area (TPSA) is 56.9 Å². The predicted octanol–water partition coefficient (Wildman–Crippen LogP) is 8.12. The standard InChI is InChI=1S/C45H28N4Si/c1-48-35-23-27-43-41(29-35)40-28-32(30-46)20-26-42(40)49(43)44-19-11-12-34(31-47)45(44)33-21-24-39(25-22-33)50(36-13-5-2-6-14-36,37-15-7-3-8-16-37)38-17-9-4-10-18-38/h2-29H. The SMILES string of the molecule is [C-]#[N+]c1ccc2c(c1)c1cc(C#N)ccc1n2-c1cccc(C#N)c1-c1ccc([Si](c2ccccc2)(c2ccccc2)c2ccccc2)cc1. The van der Waals surface area contributed by atoms with Crippen molar-refractivity contribution < 1.29 is 0 Å². The molecule has 0 unspecified atom stereocenters. The Kier molecular flexibility index (Phi) is 7.63. The summed E-state index contributed by atoms with van der Waals surface area (Å²) < 4.78 is 2.15. The second-order valence-electron chi connectivity index (χ2n) is 12.2. The molecule has 50 heavy (non-hydrogen) atoms. The van der Waals surface area contributed by atoms with E-state index in [1.54, 1.807) is 0 Å². The summed E-state index contributed by atoms with van der Waals surface area (Å²) in [6.45, 7) is 7.63. The van der Waals surface area contributed by atoms with E-state index in [0.29, 0.717) is 16.8 Å². The summed E-state index contributed by atoms with van der Waals surface area (Å²) in [6, 6.07) is 63.1. The van der Waals surface area contributed by atoms with E-state index >= 15 is 0 Å². The molecule has 0 spiro atoms. The normalized spacial score (nSPS) is 11.1. The molecule has 0 aliphatic carbocycles. The lowest BCUT2D eigenvalue weighted by atomic mass is 9.98. The lowest BCUT2D eigenvalue weighted by Crippen LogP contribution is -2.74. The van der Waals surface area contributed by atoms with Crippen LogP contribution in [0.4, 0.5) is 5.69 Å². The van der Waals surface area contributed by atoms with E-state index in [4.69, 9.17) is 6.57 Å². The molecule has 5 heteroatoms.